The summed E-state index contributed by atoms with van der Waals surface area (Å²) in [5, 5.41) is 0. The number of aromatic amines is 1. The molecule has 0 unspecified atom stereocenters. The van der Waals surface area contributed by atoms with E-state index in [0.29, 0.717) is 25.1 Å². The summed E-state index contributed by atoms with van der Waals surface area (Å²) in [5.41, 5.74) is 4.95. The molecule has 0 aromatic carbocycles. The molecule has 1 aromatic rings. The van der Waals surface area contributed by atoms with Crippen LogP contribution in [0.25, 0.3) is 0 Å². The number of H-pyrrole nitrogens is 1. The SMILES string of the molecule is COCCCn1cc(CN)c(=O)[nH]c1=O. The summed E-state index contributed by atoms with van der Waals surface area (Å²) in [6.45, 7) is 1.21. The second kappa shape index (κ2) is 5.47. The van der Waals surface area contributed by atoms with E-state index in [-0.39, 0.29) is 6.54 Å². The number of nitrogens with two attached hydrogens (primary N) is 1. The Balaban J connectivity index is 2.88. The average Bonchev–Trinajstić information content (AvgIpc) is 2.21. The van der Waals surface area contributed by atoms with Crippen LogP contribution < -0.4 is 17.0 Å². The van der Waals surface area contributed by atoms with Crippen LogP contribution in [-0.2, 0) is 17.8 Å². The van der Waals surface area contributed by atoms with Crippen molar-refractivity contribution in [2.24, 2.45) is 5.73 Å². The van der Waals surface area contributed by atoms with Gasteiger partial charge in [-0.25, -0.2) is 4.79 Å². The summed E-state index contributed by atoms with van der Waals surface area (Å²) in [6.07, 6.45) is 2.21. The number of nitrogens with zero attached hydrogens (tertiary/aromatic N) is 1. The molecule has 0 atom stereocenters. The number of nitrogens with one attached hydrogen (secondary N) is 1. The van der Waals surface area contributed by atoms with E-state index in [2.05, 4.69) is 4.98 Å². The van der Waals surface area contributed by atoms with Crippen molar-refractivity contribution in [3.8, 4) is 0 Å². The maximum atomic E-state index is 11.3. The molecular weight excluding hydrogens is 198 g/mol. The van der Waals surface area contributed by atoms with Crippen LogP contribution in [0.5, 0.6) is 0 Å². The molecule has 0 radical (unpaired) electrons. The zero-order valence-corrected chi connectivity index (χ0v) is 8.66. The standard InChI is InChI=1S/C9H15N3O3/c1-15-4-2-3-12-6-7(5-10)8(13)11-9(12)14/h6H,2-5,10H2,1H3,(H,11,13,14). The normalized spacial score (nSPS) is 10.5. The molecule has 6 heteroatoms. The second-order valence-electron chi connectivity index (χ2n) is 3.16. The van der Waals surface area contributed by atoms with Gasteiger partial charge in [0.15, 0.2) is 0 Å². The maximum absolute atomic E-state index is 11.3. The molecule has 0 aliphatic rings. The van der Waals surface area contributed by atoms with Crippen LogP contribution in [0.4, 0.5) is 0 Å². The van der Waals surface area contributed by atoms with Gasteiger partial charge in [0, 0.05) is 38.6 Å². The Bertz CT molecular complexity index is 421. The summed E-state index contributed by atoms with van der Waals surface area (Å²) in [5.74, 6) is 0. The lowest BCUT2D eigenvalue weighted by molar-refractivity contribution is 0.189. The van der Waals surface area contributed by atoms with Gasteiger partial charge < -0.3 is 15.0 Å². The fourth-order valence-electron chi connectivity index (χ4n) is 1.25. The average molecular weight is 213 g/mol. The molecule has 0 bridgehead atoms. The molecule has 3 N–H and O–H groups in total. The number of ether oxygens (including phenoxy) is 1. The monoisotopic (exact) mass is 213 g/mol. The fourth-order valence-corrected chi connectivity index (χ4v) is 1.25. The molecule has 84 valence electrons. The van der Waals surface area contributed by atoms with Crippen molar-refractivity contribution < 1.29 is 4.74 Å². The first kappa shape index (κ1) is 11.7. The largest absolute Gasteiger partial charge is 0.385 e. The van der Waals surface area contributed by atoms with E-state index in [4.69, 9.17) is 10.5 Å². The van der Waals surface area contributed by atoms with E-state index >= 15 is 0 Å². The van der Waals surface area contributed by atoms with Gasteiger partial charge in [-0.3, -0.25) is 9.78 Å². The highest BCUT2D eigenvalue weighted by Crippen LogP contribution is 1.89. The van der Waals surface area contributed by atoms with Gasteiger partial charge in [0.1, 0.15) is 0 Å². The number of aryl methyl sites for hydroxylation is 1. The van der Waals surface area contributed by atoms with Crippen molar-refractivity contribution in [2.45, 2.75) is 19.5 Å². The van der Waals surface area contributed by atoms with Crippen LogP contribution in [0.15, 0.2) is 15.8 Å². The molecule has 0 aliphatic carbocycles. The Labute approximate surface area is 86.7 Å². The number of rotatable bonds is 5. The molecule has 0 amide bonds. The summed E-state index contributed by atoms with van der Waals surface area (Å²) in [7, 11) is 1.60. The molecule has 0 saturated heterocycles. The molecule has 6 nitrogen and oxygen atoms in total. The number of hydrogen-bond acceptors (Lipinski definition) is 4. The van der Waals surface area contributed by atoms with Crippen molar-refractivity contribution in [1.82, 2.24) is 9.55 Å². The van der Waals surface area contributed by atoms with E-state index in [1.165, 1.54) is 10.8 Å². The molecule has 1 aromatic heterocycles. The predicted molar refractivity (Wildman–Crippen MR) is 55.7 cm³/mol. The summed E-state index contributed by atoms with van der Waals surface area (Å²) in [6, 6.07) is 0. The summed E-state index contributed by atoms with van der Waals surface area (Å²) < 4.78 is 6.30. The Kier molecular flexibility index (Phi) is 4.26. The van der Waals surface area contributed by atoms with Gasteiger partial charge in [-0.05, 0) is 6.42 Å². The van der Waals surface area contributed by atoms with Crippen LogP contribution in [0, 0.1) is 0 Å². The van der Waals surface area contributed by atoms with Crippen molar-refractivity contribution in [3.63, 3.8) is 0 Å². The highest BCUT2D eigenvalue weighted by molar-refractivity contribution is 5.03. The molecule has 0 aliphatic heterocycles. The van der Waals surface area contributed by atoms with E-state index in [0.717, 1.165) is 0 Å². The zero-order valence-electron chi connectivity index (χ0n) is 8.66. The maximum Gasteiger partial charge on any atom is 0.328 e. The molecular formula is C9H15N3O3. The number of methoxy groups -OCH3 is 1. The smallest absolute Gasteiger partial charge is 0.328 e. The Morgan fingerprint density at radius 2 is 2.27 bits per heavy atom. The van der Waals surface area contributed by atoms with E-state index in [1.54, 1.807) is 7.11 Å². The lowest BCUT2D eigenvalue weighted by Gasteiger charge is -2.05. The van der Waals surface area contributed by atoms with Gasteiger partial charge in [0.05, 0.1) is 0 Å². The van der Waals surface area contributed by atoms with Gasteiger partial charge in [0.2, 0.25) is 0 Å². The van der Waals surface area contributed by atoms with Crippen LogP contribution in [-0.4, -0.2) is 23.3 Å². The van der Waals surface area contributed by atoms with Crippen molar-refractivity contribution in [1.29, 1.82) is 0 Å². The molecule has 0 spiro atoms. The van der Waals surface area contributed by atoms with Crippen molar-refractivity contribution >= 4 is 0 Å². The van der Waals surface area contributed by atoms with Crippen LogP contribution in [0.3, 0.4) is 0 Å². The van der Waals surface area contributed by atoms with Crippen molar-refractivity contribution in [3.05, 3.63) is 32.6 Å². The van der Waals surface area contributed by atoms with Crippen molar-refractivity contribution in [2.75, 3.05) is 13.7 Å². The predicted octanol–water partition coefficient (Wildman–Crippen LogP) is -0.968. The topological polar surface area (TPSA) is 90.1 Å². The zero-order chi connectivity index (χ0) is 11.3. The second-order valence-corrected chi connectivity index (χ2v) is 3.16. The quantitative estimate of drug-likeness (QED) is 0.616. The van der Waals surface area contributed by atoms with E-state index in [1.807, 2.05) is 0 Å². The molecule has 1 heterocycles. The Hall–Kier alpha value is -1.40. The first-order valence-corrected chi connectivity index (χ1v) is 4.70. The van der Waals surface area contributed by atoms with Gasteiger partial charge >= 0.3 is 5.69 Å². The lowest BCUT2D eigenvalue weighted by atomic mass is 10.3. The van der Waals surface area contributed by atoms with Gasteiger partial charge in [-0.1, -0.05) is 0 Å². The minimum Gasteiger partial charge on any atom is -0.385 e. The molecule has 0 fully saturated rings. The summed E-state index contributed by atoms with van der Waals surface area (Å²) in [4.78, 5) is 24.7. The molecule has 0 saturated carbocycles. The Morgan fingerprint density at radius 3 is 2.87 bits per heavy atom. The van der Waals surface area contributed by atoms with E-state index in [9.17, 15) is 9.59 Å². The molecule has 1 rings (SSSR count). The Morgan fingerprint density at radius 1 is 1.53 bits per heavy atom. The van der Waals surface area contributed by atoms with Crippen LogP contribution in [0.1, 0.15) is 12.0 Å². The highest BCUT2D eigenvalue weighted by atomic mass is 16.5. The highest BCUT2D eigenvalue weighted by Gasteiger charge is 2.02. The van der Waals surface area contributed by atoms with Crippen LogP contribution >= 0.6 is 0 Å². The lowest BCUT2D eigenvalue weighted by Crippen LogP contribution is -2.32. The van der Waals surface area contributed by atoms with Gasteiger partial charge in [0.25, 0.3) is 5.56 Å². The first-order valence-electron chi connectivity index (χ1n) is 4.70. The number of aromatic nitrogens is 2. The van der Waals surface area contributed by atoms with E-state index < -0.39 is 11.2 Å². The molecule has 15 heavy (non-hydrogen) atoms. The third-order valence-corrected chi connectivity index (χ3v) is 2.05. The van der Waals surface area contributed by atoms with Crippen LogP contribution in [0.2, 0.25) is 0 Å². The van der Waals surface area contributed by atoms with Gasteiger partial charge in [-0.2, -0.15) is 0 Å². The van der Waals surface area contributed by atoms with Gasteiger partial charge in [-0.15, -0.1) is 0 Å². The first-order chi connectivity index (χ1) is 7.19. The third-order valence-electron chi connectivity index (χ3n) is 2.05. The minimum atomic E-state index is -0.412. The number of hydrogen-bond donors (Lipinski definition) is 2. The summed E-state index contributed by atoms with van der Waals surface area (Å²) >= 11 is 0. The minimum absolute atomic E-state index is 0.125. The third kappa shape index (κ3) is 3.03. The fraction of sp³-hybridized carbons (Fsp3) is 0.556.